The maximum absolute atomic E-state index is 8.94. The quantitative estimate of drug-likeness (QED) is 0.808. The van der Waals surface area contributed by atoms with Gasteiger partial charge < -0.3 is 0 Å². The molecule has 2 rings (SSSR count). The van der Waals surface area contributed by atoms with Crippen LogP contribution in [0.4, 0.5) is 0 Å². The van der Waals surface area contributed by atoms with Gasteiger partial charge in [-0.25, -0.2) is 5.01 Å². The Morgan fingerprint density at radius 3 is 2.85 bits per heavy atom. The molecular formula is C17H25N3. The summed E-state index contributed by atoms with van der Waals surface area (Å²) in [7, 11) is 0. The molecule has 0 bridgehead atoms. The molecule has 1 N–H and O–H groups in total. The Kier molecular flexibility index (Phi) is 6.04. The summed E-state index contributed by atoms with van der Waals surface area (Å²) >= 11 is 0. The summed E-state index contributed by atoms with van der Waals surface area (Å²) in [5, 5.41) is 11.3. The van der Waals surface area contributed by atoms with E-state index in [2.05, 4.69) is 29.5 Å². The van der Waals surface area contributed by atoms with Crippen molar-refractivity contribution in [2.45, 2.75) is 39.0 Å². The van der Waals surface area contributed by atoms with Crippen LogP contribution in [0, 0.1) is 17.2 Å². The van der Waals surface area contributed by atoms with Crippen LogP contribution in [0.25, 0.3) is 0 Å². The molecule has 1 heterocycles. The fraction of sp³-hybridized carbons (Fsp3) is 0.588. The number of hydrogen-bond donors (Lipinski definition) is 1. The van der Waals surface area contributed by atoms with E-state index < -0.39 is 0 Å². The van der Waals surface area contributed by atoms with Crippen LogP contribution >= 0.6 is 0 Å². The molecular weight excluding hydrogens is 246 g/mol. The summed E-state index contributed by atoms with van der Waals surface area (Å²) in [6.07, 6.45) is 6.10. The lowest BCUT2D eigenvalue weighted by Gasteiger charge is -2.32. The van der Waals surface area contributed by atoms with E-state index in [9.17, 15) is 0 Å². The minimum atomic E-state index is 0.758. The second kappa shape index (κ2) is 8.04. The molecule has 1 fully saturated rings. The Morgan fingerprint density at radius 1 is 1.35 bits per heavy atom. The minimum absolute atomic E-state index is 0.758. The van der Waals surface area contributed by atoms with E-state index in [1.165, 1.54) is 31.2 Å². The lowest BCUT2D eigenvalue weighted by Crippen LogP contribution is -2.44. The zero-order valence-corrected chi connectivity index (χ0v) is 12.4. The largest absolute Gasteiger partial charge is 0.255 e. The first kappa shape index (κ1) is 15.0. The maximum atomic E-state index is 8.94. The lowest BCUT2D eigenvalue weighted by molar-refractivity contribution is 0.123. The maximum Gasteiger partial charge on any atom is 0.0991 e. The van der Waals surface area contributed by atoms with Crippen molar-refractivity contribution in [3.8, 4) is 6.07 Å². The molecule has 1 aromatic carbocycles. The molecule has 3 heteroatoms. The standard InChI is InChI=1S/C17H25N3/c1-2-3-9-19-20-10-7-15(8-11-20)12-16-5-4-6-17(13-16)14-18/h4-6,13,15,19H,2-3,7-12H2,1H3. The van der Waals surface area contributed by atoms with Gasteiger partial charge in [0.25, 0.3) is 0 Å². The Hall–Kier alpha value is -1.37. The zero-order chi connectivity index (χ0) is 14.2. The van der Waals surface area contributed by atoms with Crippen molar-refractivity contribution < 1.29 is 0 Å². The Balaban J connectivity index is 1.75. The van der Waals surface area contributed by atoms with Crippen molar-refractivity contribution in [1.82, 2.24) is 10.4 Å². The van der Waals surface area contributed by atoms with Crippen LogP contribution in [0.15, 0.2) is 24.3 Å². The molecule has 20 heavy (non-hydrogen) atoms. The van der Waals surface area contributed by atoms with E-state index in [1.807, 2.05) is 18.2 Å². The third kappa shape index (κ3) is 4.63. The molecule has 1 aliphatic rings. The van der Waals surface area contributed by atoms with Crippen molar-refractivity contribution in [2.24, 2.45) is 5.92 Å². The lowest BCUT2D eigenvalue weighted by atomic mass is 9.90. The van der Waals surface area contributed by atoms with Gasteiger partial charge in [0.1, 0.15) is 0 Å². The van der Waals surface area contributed by atoms with Crippen LogP contribution in [-0.4, -0.2) is 24.6 Å². The molecule has 1 aliphatic heterocycles. The first-order valence-corrected chi connectivity index (χ1v) is 7.79. The summed E-state index contributed by atoms with van der Waals surface area (Å²) in [6.45, 7) is 5.62. The van der Waals surface area contributed by atoms with E-state index in [4.69, 9.17) is 5.26 Å². The van der Waals surface area contributed by atoms with Crippen LogP contribution in [-0.2, 0) is 6.42 Å². The average molecular weight is 271 g/mol. The van der Waals surface area contributed by atoms with E-state index in [1.54, 1.807) is 0 Å². The molecule has 0 unspecified atom stereocenters. The summed E-state index contributed by atoms with van der Waals surface area (Å²) in [5.41, 5.74) is 5.60. The Bertz CT molecular complexity index is 442. The highest BCUT2D eigenvalue weighted by Gasteiger charge is 2.19. The molecule has 1 aromatic rings. The van der Waals surface area contributed by atoms with Crippen LogP contribution in [0.3, 0.4) is 0 Å². The summed E-state index contributed by atoms with van der Waals surface area (Å²) in [4.78, 5) is 0. The molecule has 0 aromatic heterocycles. The second-order valence-electron chi connectivity index (χ2n) is 5.71. The summed E-state index contributed by atoms with van der Waals surface area (Å²) in [6, 6.07) is 10.3. The van der Waals surface area contributed by atoms with Gasteiger partial charge in [0.2, 0.25) is 0 Å². The highest BCUT2D eigenvalue weighted by atomic mass is 15.5. The first-order valence-electron chi connectivity index (χ1n) is 7.79. The van der Waals surface area contributed by atoms with Crippen LogP contribution in [0.5, 0.6) is 0 Å². The van der Waals surface area contributed by atoms with Gasteiger partial charge in [-0.15, -0.1) is 0 Å². The SMILES string of the molecule is CCCCNN1CCC(Cc2cccc(C#N)c2)CC1. The van der Waals surface area contributed by atoms with Gasteiger partial charge in [-0.2, -0.15) is 5.26 Å². The predicted molar refractivity (Wildman–Crippen MR) is 82.1 cm³/mol. The third-order valence-corrected chi connectivity index (χ3v) is 4.06. The molecule has 0 atom stereocenters. The van der Waals surface area contributed by atoms with Gasteiger partial charge in [-0.1, -0.05) is 25.5 Å². The van der Waals surface area contributed by atoms with Gasteiger partial charge in [0.05, 0.1) is 11.6 Å². The van der Waals surface area contributed by atoms with E-state index in [0.29, 0.717) is 0 Å². The number of hydrazine groups is 1. The van der Waals surface area contributed by atoms with E-state index in [0.717, 1.165) is 37.5 Å². The molecule has 0 saturated carbocycles. The summed E-state index contributed by atoms with van der Waals surface area (Å²) < 4.78 is 0. The molecule has 0 amide bonds. The van der Waals surface area contributed by atoms with Gasteiger partial charge in [-0.05, 0) is 49.3 Å². The van der Waals surface area contributed by atoms with Crippen LogP contribution in [0.1, 0.15) is 43.7 Å². The Morgan fingerprint density at radius 2 is 2.15 bits per heavy atom. The topological polar surface area (TPSA) is 39.1 Å². The van der Waals surface area contributed by atoms with Crippen LogP contribution < -0.4 is 5.43 Å². The fourth-order valence-corrected chi connectivity index (χ4v) is 2.81. The van der Waals surface area contributed by atoms with Gasteiger partial charge in [-0.3, -0.25) is 5.43 Å². The number of benzene rings is 1. The smallest absolute Gasteiger partial charge is 0.0991 e. The molecule has 3 nitrogen and oxygen atoms in total. The number of unbranched alkanes of at least 4 members (excludes halogenated alkanes) is 1. The number of nitrogens with zero attached hydrogens (tertiary/aromatic N) is 2. The molecule has 0 spiro atoms. The Labute approximate surface area is 122 Å². The average Bonchev–Trinajstić information content (AvgIpc) is 2.49. The van der Waals surface area contributed by atoms with Gasteiger partial charge in [0, 0.05) is 19.6 Å². The minimum Gasteiger partial charge on any atom is -0.255 e. The van der Waals surface area contributed by atoms with Crippen molar-refractivity contribution in [1.29, 1.82) is 5.26 Å². The van der Waals surface area contributed by atoms with Crippen LogP contribution in [0.2, 0.25) is 0 Å². The molecule has 0 aliphatic carbocycles. The van der Waals surface area contributed by atoms with E-state index >= 15 is 0 Å². The molecule has 0 radical (unpaired) electrons. The fourth-order valence-electron chi connectivity index (χ4n) is 2.81. The number of nitrogens with one attached hydrogen (secondary N) is 1. The summed E-state index contributed by atoms with van der Waals surface area (Å²) in [5.74, 6) is 0.758. The third-order valence-electron chi connectivity index (χ3n) is 4.06. The molecule has 108 valence electrons. The predicted octanol–water partition coefficient (Wildman–Crippen LogP) is 3.12. The number of rotatable bonds is 6. The number of nitriles is 1. The van der Waals surface area contributed by atoms with Gasteiger partial charge in [0.15, 0.2) is 0 Å². The van der Waals surface area contributed by atoms with Crippen molar-refractivity contribution in [3.63, 3.8) is 0 Å². The van der Waals surface area contributed by atoms with Crippen molar-refractivity contribution >= 4 is 0 Å². The first-order chi connectivity index (χ1) is 9.81. The number of hydrogen-bond acceptors (Lipinski definition) is 3. The van der Waals surface area contributed by atoms with E-state index in [-0.39, 0.29) is 0 Å². The van der Waals surface area contributed by atoms with Gasteiger partial charge >= 0.3 is 0 Å². The monoisotopic (exact) mass is 271 g/mol. The van der Waals surface area contributed by atoms with Crippen molar-refractivity contribution in [2.75, 3.05) is 19.6 Å². The highest BCUT2D eigenvalue weighted by Crippen LogP contribution is 2.21. The molecule has 1 saturated heterocycles. The zero-order valence-electron chi connectivity index (χ0n) is 12.4. The normalized spacial score (nSPS) is 17.0. The highest BCUT2D eigenvalue weighted by molar-refractivity contribution is 5.32. The van der Waals surface area contributed by atoms with Crippen molar-refractivity contribution in [3.05, 3.63) is 35.4 Å². The second-order valence-corrected chi connectivity index (χ2v) is 5.71. The number of piperidine rings is 1.